The van der Waals surface area contributed by atoms with Gasteiger partial charge in [-0.25, -0.2) is 9.18 Å². The normalized spacial score (nSPS) is 10.5. The minimum atomic E-state index is -0.777. The number of benzene rings is 3. The fraction of sp³-hybridized carbons (Fsp3) is 0.0800. The van der Waals surface area contributed by atoms with Crippen LogP contribution in [0.4, 0.5) is 14.9 Å². The van der Waals surface area contributed by atoms with Crippen molar-refractivity contribution in [2.75, 3.05) is 12.4 Å². The van der Waals surface area contributed by atoms with Gasteiger partial charge < -0.3 is 19.9 Å². The van der Waals surface area contributed by atoms with E-state index in [-0.39, 0.29) is 29.4 Å². The van der Waals surface area contributed by atoms with Gasteiger partial charge in [-0.1, -0.05) is 30.3 Å². The fourth-order valence-electron chi connectivity index (χ4n) is 3.28. The molecule has 0 aliphatic rings. The average Bonchev–Trinajstić information content (AvgIpc) is 2.81. The van der Waals surface area contributed by atoms with E-state index >= 15 is 0 Å². The number of urea groups is 1. The van der Waals surface area contributed by atoms with Gasteiger partial charge >= 0.3 is 6.03 Å². The summed E-state index contributed by atoms with van der Waals surface area (Å²) in [7, 11) is 1.41. The van der Waals surface area contributed by atoms with Gasteiger partial charge in [0.15, 0.2) is 23.1 Å². The number of hydrogen-bond acceptors (Lipinski definition) is 6. The van der Waals surface area contributed by atoms with Crippen molar-refractivity contribution in [1.29, 1.82) is 0 Å². The van der Waals surface area contributed by atoms with Crippen LogP contribution in [-0.4, -0.2) is 29.1 Å². The van der Waals surface area contributed by atoms with Gasteiger partial charge in [0.05, 0.1) is 19.0 Å². The highest BCUT2D eigenvalue weighted by Gasteiger charge is 2.14. The van der Waals surface area contributed by atoms with Gasteiger partial charge in [0, 0.05) is 29.4 Å². The predicted octanol–water partition coefficient (Wildman–Crippen LogP) is 4.77. The molecule has 3 amide bonds. The molecule has 0 fully saturated rings. The Labute approximate surface area is 194 Å². The van der Waals surface area contributed by atoms with Crippen molar-refractivity contribution in [2.24, 2.45) is 0 Å². The van der Waals surface area contributed by atoms with Crippen LogP contribution < -0.4 is 20.1 Å². The number of carbonyl (C=O) groups is 2. The molecule has 1 heterocycles. The quantitative estimate of drug-likeness (QED) is 0.382. The van der Waals surface area contributed by atoms with Crippen LogP contribution in [0, 0.1) is 5.82 Å². The van der Waals surface area contributed by atoms with E-state index in [9.17, 15) is 19.1 Å². The molecule has 0 saturated carbocycles. The number of fused-ring (bicyclic) bond motifs is 1. The standard InChI is InChI=1S/C25H20FN3O5/c1-33-23-13-17-19(14-20(23)30)27-10-9-21(17)34-22-8-7-16(12-18(22)26)28-25(32)29-24(31)11-15-5-3-2-4-6-15/h2-10,12-14,30H,11H2,1H3,(H2,28,29,31,32). The Bertz CT molecular complexity index is 1360. The van der Waals surface area contributed by atoms with Gasteiger partial charge in [-0.15, -0.1) is 0 Å². The molecule has 9 heteroatoms. The number of amides is 3. The Morgan fingerprint density at radius 2 is 1.79 bits per heavy atom. The number of phenols is 1. The van der Waals surface area contributed by atoms with Crippen LogP contribution in [0.25, 0.3) is 10.9 Å². The first-order valence-electron chi connectivity index (χ1n) is 10.2. The number of aromatic nitrogens is 1. The molecule has 4 rings (SSSR count). The number of anilines is 1. The zero-order chi connectivity index (χ0) is 24.1. The van der Waals surface area contributed by atoms with Crippen LogP contribution in [0.2, 0.25) is 0 Å². The van der Waals surface area contributed by atoms with Crippen LogP contribution in [0.3, 0.4) is 0 Å². The molecule has 0 spiro atoms. The van der Waals surface area contributed by atoms with Gasteiger partial charge in [0.2, 0.25) is 5.91 Å². The molecule has 34 heavy (non-hydrogen) atoms. The van der Waals surface area contributed by atoms with Crippen molar-refractivity contribution in [3.05, 3.63) is 84.3 Å². The molecule has 0 saturated heterocycles. The average molecular weight is 461 g/mol. The van der Waals surface area contributed by atoms with Crippen LogP contribution in [0.5, 0.6) is 23.0 Å². The molecule has 0 bridgehead atoms. The molecule has 3 N–H and O–H groups in total. The summed E-state index contributed by atoms with van der Waals surface area (Å²) in [6.07, 6.45) is 1.51. The van der Waals surface area contributed by atoms with E-state index in [1.807, 2.05) is 6.07 Å². The lowest BCUT2D eigenvalue weighted by molar-refractivity contribution is -0.119. The first-order chi connectivity index (χ1) is 16.4. The maximum atomic E-state index is 14.7. The summed E-state index contributed by atoms with van der Waals surface area (Å²) < 4.78 is 25.5. The van der Waals surface area contributed by atoms with E-state index in [1.165, 1.54) is 37.6 Å². The summed E-state index contributed by atoms with van der Waals surface area (Å²) in [5.41, 5.74) is 1.34. The second kappa shape index (κ2) is 9.86. The number of imide groups is 1. The Balaban J connectivity index is 1.44. The lowest BCUT2D eigenvalue weighted by Crippen LogP contribution is -2.35. The zero-order valence-electron chi connectivity index (χ0n) is 18.0. The monoisotopic (exact) mass is 461 g/mol. The molecule has 1 aromatic heterocycles. The molecule has 0 aliphatic heterocycles. The third-order valence-corrected chi connectivity index (χ3v) is 4.87. The number of phenolic OH excluding ortho intramolecular Hbond substituents is 1. The molecular formula is C25H20FN3O5. The lowest BCUT2D eigenvalue weighted by Gasteiger charge is -2.12. The number of aromatic hydroxyl groups is 1. The van der Waals surface area contributed by atoms with Crippen molar-refractivity contribution in [1.82, 2.24) is 10.3 Å². The minimum Gasteiger partial charge on any atom is -0.504 e. The smallest absolute Gasteiger partial charge is 0.325 e. The number of carbonyl (C=O) groups excluding carboxylic acids is 2. The number of nitrogens with one attached hydrogen (secondary N) is 2. The van der Waals surface area contributed by atoms with Gasteiger partial charge in [-0.05, 0) is 29.8 Å². The number of halogens is 1. The molecular weight excluding hydrogens is 441 g/mol. The Morgan fingerprint density at radius 3 is 2.53 bits per heavy atom. The number of methoxy groups -OCH3 is 1. The number of hydrogen-bond donors (Lipinski definition) is 3. The maximum Gasteiger partial charge on any atom is 0.325 e. The van der Waals surface area contributed by atoms with Crippen LogP contribution in [0.15, 0.2) is 72.9 Å². The number of rotatable bonds is 6. The van der Waals surface area contributed by atoms with Gasteiger partial charge in [0.1, 0.15) is 5.75 Å². The highest BCUT2D eigenvalue weighted by atomic mass is 19.1. The van der Waals surface area contributed by atoms with Crippen molar-refractivity contribution >= 4 is 28.5 Å². The summed E-state index contributed by atoms with van der Waals surface area (Å²) in [4.78, 5) is 28.3. The summed E-state index contributed by atoms with van der Waals surface area (Å²) in [5, 5.41) is 15.1. The van der Waals surface area contributed by atoms with E-state index < -0.39 is 17.8 Å². The van der Waals surface area contributed by atoms with E-state index in [0.717, 1.165) is 11.6 Å². The second-order valence-electron chi connectivity index (χ2n) is 7.26. The molecule has 8 nitrogen and oxygen atoms in total. The molecule has 0 radical (unpaired) electrons. The Kier molecular flexibility index (Phi) is 6.54. The zero-order valence-corrected chi connectivity index (χ0v) is 18.0. The molecule has 0 aliphatic carbocycles. The van der Waals surface area contributed by atoms with Crippen LogP contribution in [0.1, 0.15) is 5.56 Å². The van der Waals surface area contributed by atoms with Gasteiger partial charge in [-0.2, -0.15) is 0 Å². The molecule has 0 atom stereocenters. The number of pyridine rings is 1. The molecule has 4 aromatic rings. The fourth-order valence-corrected chi connectivity index (χ4v) is 3.28. The largest absolute Gasteiger partial charge is 0.504 e. The second-order valence-corrected chi connectivity index (χ2v) is 7.26. The third kappa shape index (κ3) is 5.21. The highest BCUT2D eigenvalue weighted by Crippen LogP contribution is 2.37. The highest BCUT2D eigenvalue weighted by molar-refractivity contribution is 6.01. The Morgan fingerprint density at radius 1 is 1.00 bits per heavy atom. The van der Waals surface area contributed by atoms with Gasteiger partial charge in [0.25, 0.3) is 0 Å². The maximum absolute atomic E-state index is 14.7. The van der Waals surface area contributed by atoms with Crippen molar-refractivity contribution in [2.45, 2.75) is 6.42 Å². The van der Waals surface area contributed by atoms with E-state index in [1.54, 1.807) is 30.3 Å². The van der Waals surface area contributed by atoms with Crippen molar-refractivity contribution < 1.29 is 28.6 Å². The molecule has 172 valence electrons. The lowest BCUT2D eigenvalue weighted by atomic mass is 10.1. The number of ether oxygens (including phenoxy) is 2. The van der Waals surface area contributed by atoms with E-state index in [2.05, 4.69) is 15.6 Å². The van der Waals surface area contributed by atoms with Crippen LogP contribution >= 0.6 is 0 Å². The van der Waals surface area contributed by atoms with E-state index in [4.69, 9.17) is 9.47 Å². The predicted molar refractivity (Wildman–Crippen MR) is 124 cm³/mol. The summed E-state index contributed by atoms with van der Waals surface area (Å²) in [6, 6.07) is 16.6. The van der Waals surface area contributed by atoms with Crippen molar-refractivity contribution in [3.63, 3.8) is 0 Å². The summed E-state index contributed by atoms with van der Waals surface area (Å²) in [5.74, 6) is -0.878. The summed E-state index contributed by atoms with van der Waals surface area (Å²) >= 11 is 0. The number of nitrogens with zero attached hydrogens (tertiary/aromatic N) is 1. The minimum absolute atomic E-state index is 0.0395. The van der Waals surface area contributed by atoms with Crippen molar-refractivity contribution in [3.8, 4) is 23.0 Å². The third-order valence-electron chi connectivity index (χ3n) is 4.87. The van der Waals surface area contributed by atoms with Crippen LogP contribution in [-0.2, 0) is 11.2 Å². The molecule has 0 unspecified atom stereocenters. The molecule has 3 aromatic carbocycles. The topological polar surface area (TPSA) is 110 Å². The SMILES string of the molecule is COc1cc2c(Oc3ccc(NC(=O)NC(=O)Cc4ccccc4)cc3F)ccnc2cc1O. The first-order valence-corrected chi connectivity index (χ1v) is 10.2. The summed E-state index contributed by atoms with van der Waals surface area (Å²) in [6.45, 7) is 0. The first kappa shape index (κ1) is 22.5. The van der Waals surface area contributed by atoms with Gasteiger partial charge in [-0.3, -0.25) is 15.1 Å². The Hall–Kier alpha value is -4.66. The van der Waals surface area contributed by atoms with E-state index in [0.29, 0.717) is 16.7 Å².